The molecule has 0 saturated heterocycles. The molecular weight excluding hydrogens is 188 g/mol. The SMILES string of the molecule is CC(C)CC(=O)CCCc1cnn(C)c1. The molecule has 0 radical (unpaired) electrons. The van der Waals surface area contributed by atoms with Crippen LogP contribution >= 0.6 is 0 Å². The third kappa shape index (κ3) is 4.77. The van der Waals surface area contributed by atoms with Gasteiger partial charge in [0.1, 0.15) is 5.78 Å². The van der Waals surface area contributed by atoms with E-state index >= 15 is 0 Å². The zero-order chi connectivity index (χ0) is 11.3. The summed E-state index contributed by atoms with van der Waals surface area (Å²) in [6.45, 7) is 4.16. The van der Waals surface area contributed by atoms with Crippen LogP contribution in [0.5, 0.6) is 0 Å². The predicted octanol–water partition coefficient (Wildman–Crippen LogP) is 2.36. The second kappa shape index (κ2) is 5.69. The summed E-state index contributed by atoms with van der Waals surface area (Å²) in [5.41, 5.74) is 1.22. The highest BCUT2D eigenvalue weighted by Crippen LogP contribution is 2.08. The lowest BCUT2D eigenvalue weighted by atomic mass is 10.0. The topological polar surface area (TPSA) is 34.9 Å². The number of nitrogens with zero attached hydrogens (tertiary/aromatic N) is 2. The lowest BCUT2D eigenvalue weighted by molar-refractivity contribution is -0.119. The van der Waals surface area contributed by atoms with Crippen molar-refractivity contribution < 1.29 is 4.79 Å². The Labute approximate surface area is 91.5 Å². The number of aromatic nitrogens is 2. The van der Waals surface area contributed by atoms with E-state index in [1.54, 1.807) is 4.68 Å². The van der Waals surface area contributed by atoms with Crippen LogP contribution in [0.4, 0.5) is 0 Å². The van der Waals surface area contributed by atoms with Crippen molar-refractivity contribution in [1.29, 1.82) is 0 Å². The normalized spacial score (nSPS) is 10.9. The van der Waals surface area contributed by atoms with E-state index in [2.05, 4.69) is 18.9 Å². The van der Waals surface area contributed by atoms with Crippen molar-refractivity contribution in [3.8, 4) is 0 Å². The van der Waals surface area contributed by atoms with Gasteiger partial charge in [-0.05, 0) is 24.3 Å². The summed E-state index contributed by atoms with van der Waals surface area (Å²) < 4.78 is 1.80. The Morgan fingerprint density at radius 1 is 1.53 bits per heavy atom. The molecule has 0 fully saturated rings. The maximum absolute atomic E-state index is 11.4. The monoisotopic (exact) mass is 208 g/mol. The second-order valence-corrected chi connectivity index (χ2v) is 4.51. The summed E-state index contributed by atoms with van der Waals surface area (Å²) in [5.74, 6) is 0.866. The molecule has 3 heteroatoms. The van der Waals surface area contributed by atoms with Crippen molar-refractivity contribution in [3.63, 3.8) is 0 Å². The molecule has 84 valence electrons. The molecule has 0 aliphatic carbocycles. The first-order valence-corrected chi connectivity index (χ1v) is 5.57. The predicted molar refractivity (Wildman–Crippen MR) is 60.6 cm³/mol. The van der Waals surface area contributed by atoms with Crippen molar-refractivity contribution in [2.75, 3.05) is 0 Å². The molecule has 0 aliphatic rings. The molecule has 0 saturated carbocycles. The first-order valence-electron chi connectivity index (χ1n) is 5.57. The van der Waals surface area contributed by atoms with Gasteiger partial charge in [0.15, 0.2) is 0 Å². The van der Waals surface area contributed by atoms with Gasteiger partial charge in [-0.25, -0.2) is 0 Å². The van der Waals surface area contributed by atoms with E-state index in [0.29, 0.717) is 24.5 Å². The van der Waals surface area contributed by atoms with Gasteiger partial charge < -0.3 is 0 Å². The number of hydrogen-bond donors (Lipinski definition) is 0. The molecule has 0 unspecified atom stereocenters. The van der Waals surface area contributed by atoms with Crippen LogP contribution in [-0.4, -0.2) is 15.6 Å². The van der Waals surface area contributed by atoms with Crippen LogP contribution in [0, 0.1) is 5.92 Å². The lowest BCUT2D eigenvalue weighted by Crippen LogP contribution is -2.02. The molecule has 1 aromatic heterocycles. The van der Waals surface area contributed by atoms with Crippen LogP contribution < -0.4 is 0 Å². The van der Waals surface area contributed by atoms with Crippen molar-refractivity contribution in [1.82, 2.24) is 9.78 Å². The van der Waals surface area contributed by atoms with Crippen molar-refractivity contribution >= 4 is 5.78 Å². The smallest absolute Gasteiger partial charge is 0.133 e. The van der Waals surface area contributed by atoms with Crippen molar-refractivity contribution in [2.45, 2.75) is 39.5 Å². The zero-order valence-electron chi connectivity index (χ0n) is 9.86. The van der Waals surface area contributed by atoms with E-state index in [4.69, 9.17) is 0 Å². The average Bonchev–Trinajstić information content (AvgIpc) is 2.50. The van der Waals surface area contributed by atoms with Crippen LogP contribution in [0.2, 0.25) is 0 Å². The second-order valence-electron chi connectivity index (χ2n) is 4.51. The number of aryl methyl sites for hydroxylation is 2. The largest absolute Gasteiger partial charge is 0.300 e. The van der Waals surface area contributed by atoms with Gasteiger partial charge in [0.05, 0.1) is 6.20 Å². The summed E-state index contributed by atoms with van der Waals surface area (Å²) in [6, 6.07) is 0. The summed E-state index contributed by atoms with van der Waals surface area (Å²) in [5, 5.41) is 4.09. The van der Waals surface area contributed by atoms with E-state index in [-0.39, 0.29) is 0 Å². The first-order chi connectivity index (χ1) is 7.08. The fraction of sp³-hybridized carbons (Fsp3) is 0.667. The molecule has 1 rings (SSSR count). The van der Waals surface area contributed by atoms with Crippen LogP contribution in [0.25, 0.3) is 0 Å². The molecule has 0 amide bonds. The summed E-state index contributed by atoms with van der Waals surface area (Å²) in [4.78, 5) is 11.4. The molecule has 1 heterocycles. The lowest BCUT2D eigenvalue weighted by Gasteiger charge is -2.02. The summed E-state index contributed by atoms with van der Waals surface area (Å²) >= 11 is 0. The first kappa shape index (κ1) is 12.0. The average molecular weight is 208 g/mol. The molecule has 0 aliphatic heterocycles. The van der Waals surface area contributed by atoms with E-state index in [1.165, 1.54) is 5.56 Å². The summed E-state index contributed by atoms with van der Waals surface area (Å²) in [6.07, 6.45) is 7.19. The third-order valence-electron chi connectivity index (χ3n) is 2.32. The fourth-order valence-corrected chi connectivity index (χ4v) is 1.65. The minimum atomic E-state index is 0.383. The van der Waals surface area contributed by atoms with Gasteiger partial charge in [-0.3, -0.25) is 9.48 Å². The van der Waals surface area contributed by atoms with Crippen molar-refractivity contribution in [2.24, 2.45) is 13.0 Å². The molecule has 3 nitrogen and oxygen atoms in total. The number of Topliss-reactive ketones (excluding diaryl/α,β-unsaturated/α-hetero) is 1. The maximum atomic E-state index is 11.4. The van der Waals surface area contributed by atoms with Crippen LogP contribution in [0.15, 0.2) is 12.4 Å². The van der Waals surface area contributed by atoms with Gasteiger partial charge in [-0.2, -0.15) is 5.10 Å². The Balaban J connectivity index is 2.19. The van der Waals surface area contributed by atoms with Gasteiger partial charge in [0.2, 0.25) is 0 Å². The van der Waals surface area contributed by atoms with Crippen LogP contribution in [0.1, 0.15) is 38.7 Å². The highest BCUT2D eigenvalue weighted by atomic mass is 16.1. The molecule has 0 aromatic carbocycles. The maximum Gasteiger partial charge on any atom is 0.133 e. The quantitative estimate of drug-likeness (QED) is 0.719. The number of ketones is 1. The highest BCUT2D eigenvalue weighted by molar-refractivity contribution is 5.78. The number of rotatable bonds is 6. The number of carbonyl (C=O) groups excluding carboxylic acids is 1. The van der Waals surface area contributed by atoms with Gasteiger partial charge in [-0.1, -0.05) is 13.8 Å². The Morgan fingerprint density at radius 2 is 2.27 bits per heavy atom. The standard InChI is InChI=1S/C12H20N2O/c1-10(2)7-12(15)6-4-5-11-8-13-14(3)9-11/h8-10H,4-7H2,1-3H3. The zero-order valence-corrected chi connectivity index (χ0v) is 9.86. The molecule has 1 aromatic rings. The minimum Gasteiger partial charge on any atom is -0.300 e. The van der Waals surface area contributed by atoms with Gasteiger partial charge in [-0.15, -0.1) is 0 Å². The van der Waals surface area contributed by atoms with Crippen LogP contribution in [-0.2, 0) is 18.3 Å². The van der Waals surface area contributed by atoms with Crippen molar-refractivity contribution in [3.05, 3.63) is 18.0 Å². The van der Waals surface area contributed by atoms with E-state index in [1.807, 2.05) is 19.4 Å². The van der Waals surface area contributed by atoms with Crippen LogP contribution in [0.3, 0.4) is 0 Å². The van der Waals surface area contributed by atoms with E-state index in [0.717, 1.165) is 12.8 Å². The summed E-state index contributed by atoms with van der Waals surface area (Å²) in [7, 11) is 1.91. The number of hydrogen-bond acceptors (Lipinski definition) is 2. The molecule has 0 N–H and O–H groups in total. The Kier molecular flexibility index (Phi) is 4.53. The molecule has 0 bridgehead atoms. The minimum absolute atomic E-state index is 0.383. The van der Waals surface area contributed by atoms with Gasteiger partial charge in [0, 0.05) is 26.1 Å². The van der Waals surface area contributed by atoms with E-state index in [9.17, 15) is 4.79 Å². The number of carbonyl (C=O) groups is 1. The molecular formula is C12H20N2O. The Hall–Kier alpha value is -1.12. The van der Waals surface area contributed by atoms with Gasteiger partial charge in [0.25, 0.3) is 0 Å². The highest BCUT2D eigenvalue weighted by Gasteiger charge is 2.05. The van der Waals surface area contributed by atoms with E-state index < -0.39 is 0 Å². The Bertz CT molecular complexity index is 315. The fourth-order valence-electron chi connectivity index (χ4n) is 1.65. The molecule has 15 heavy (non-hydrogen) atoms. The molecule has 0 atom stereocenters. The Morgan fingerprint density at radius 3 is 2.80 bits per heavy atom. The molecule has 0 spiro atoms. The third-order valence-corrected chi connectivity index (χ3v) is 2.32. The van der Waals surface area contributed by atoms with Gasteiger partial charge >= 0.3 is 0 Å².